The highest BCUT2D eigenvalue weighted by molar-refractivity contribution is 7.97. The Kier molecular flexibility index (Phi) is 6.64. The van der Waals surface area contributed by atoms with Crippen molar-refractivity contribution in [3.63, 3.8) is 0 Å². The SMILES string of the molecule is O=C1Nc2c(Cl)cc(Cl)cc2SN1CCCCN1CCN(c2ncccn2)CC1. The highest BCUT2D eigenvalue weighted by Crippen LogP contribution is 2.41. The van der Waals surface area contributed by atoms with Crippen molar-refractivity contribution in [2.45, 2.75) is 17.7 Å². The van der Waals surface area contributed by atoms with Gasteiger partial charge in [0.15, 0.2) is 0 Å². The Bertz CT molecular complexity index is 863. The van der Waals surface area contributed by atoms with Gasteiger partial charge < -0.3 is 10.2 Å². The second kappa shape index (κ2) is 9.38. The molecule has 1 aromatic carbocycles. The molecular weight excluding hydrogens is 431 g/mol. The number of aromatic nitrogens is 2. The minimum atomic E-state index is -0.136. The van der Waals surface area contributed by atoms with E-state index >= 15 is 0 Å². The van der Waals surface area contributed by atoms with Crippen LogP contribution in [0.5, 0.6) is 0 Å². The van der Waals surface area contributed by atoms with Gasteiger partial charge in [0.25, 0.3) is 0 Å². The molecular formula is C19H22Cl2N6OS. The van der Waals surface area contributed by atoms with Crippen molar-refractivity contribution < 1.29 is 4.79 Å². The smallest absolute Gasteiger partial charge is 0.332 e. The molecule has 0 radical (unpaired) electrons. The van der Waals surface area contributed by atoms with Gasteiger partial charge in [0.1, 0.15) is 0 Å². The number of halogens is 2. The molecule has 0 aliphatic carbocycles. The number of anilines is 2. The Morgan fingerprint density at radius 2 is 1.76 bits per heavy atom. The predicted molar refractivity (Wildman–Crippen MR) is 118 cm³/mol. The van der Waals surface area contributed by atoms with E-state index in [0.717, 1.165) is 56.4 Å². The maximum atomic E-state index is 12.3. The van der Waals surface area contributed by atoms with Crippen LogP contribution in [0.25, 0.3) is 0 Å². The van der Waals surface area contributed by atoms with Gasteiger partial charge in [-0.05, 0) is 49.5 Å². The molecule has 7 nitrogen and oxygen atoms in total. The first-order chi connectivity index (χ1) is 14.1. The fourth-order valence-electron chi connectivity index (χ4n) is 3.44. The van der Waals surface area contributed by atoms with Gasteiger partial charge in [-0.2, -0.15) is 0 Å². The topological polar surface area (TPSA) is 64.6 Å². The number of benzene rings is 1. The maximum Gasteiger partial charge on any atom is 0.332 e. The number of urea groups is 1. The van der Waals surface area contributed by atoms with E-state index in [2.05, 4.69) is 25.1 Å². The molecule has 0 saturated carbocycles. The summed E-state index contributed by atoms with van der Waals surface area (Å²) in [6, 6.07) is 5.17. The molecule has 2 amide bonds. The number of fused-ring (bicyclic) bond motifs is 1. The number of unbranched alkanes of at least 4 members (excludes halogenated alkanes) is 1. The summed E-state index contributed by atoms with van der Waals surface area (Å²) in [6.45, 7) is 5.58. The van der Waals surface area contributed by atoms with E-state index in [1.54, 1.807) is 22.8 Å². The van der Waals surface area contributed by atoms with Crippen LogP contribution in [-0.4, -0.2) is 64.5 Å². The third-order valence-corrected chi connectivity index (χ3v) is 6.58. The lowest BCUT2D eigenvalue weighted by Crippen LogP contribution is -2.47. The van der Waals surface area contributed by atoms with E-state index < -0.39 is 0 Å². The van der Waals surface area contributed by atoms with Crippen LogP contribution in [0.4, 0.5) is 16.4 Å². The van der Waals surface area contributed by atoms with Crippen LogP contribution in [-0.2, 0) is 0 Å². The molecule has 154 valence electrons. The first-order valence-electron chi connectivity index (χ1n) is 9.60. The van der Waals surface area contributed by atoms with Crippen molar-refractivity contribution in [3.05, 3.63) is 40.6 Å². The van der Waals surface area contributed by atoms with Crippen molar-refractivity contribution in [2.24, 2.45) is 0 Å². The summed E-state index contributed by atoms with van der Waals surface area (Å²) in [5.41, 5.74) is 0.641. The van der Waals surface area contributed by atoms with E-state index in [0.29, 0.717) is 22.3 Å². The lowest BCUT2D eigenvalue weighted by atomic mass is 10.2. The monoisotopic (exact) mass is 452 g/mol. The normalized spacial score (nSPS) is 17.2. The Hall–Kier alpha value is -1.74. The second-order valence-electron chi connectivity index (χ2n) is 6.97. The van der Waals surface area contributed by atoms with Gasteiger partial charge in [-0.15, -0.1) is 0 Å². The van der Waals surface area contributed by atoms with E-state index in [4.69, 9.17) is 23.2 Å². The van der Waals surface area contributed by atoms with E-state index in [1.165, 1.54) is 11.9 Å². The van der Waals surface area contributed by atoms with Gasteiger partial charge in [-0.3, -0.25) is 9.21 Å². The van der Waals surface area contributed by atoms with Crippen LogP contribution in [0, 0.1) is 0 Å². The van der Waals surface area contributed by atoms with Crippen molar-refractivity contribution in [1.29, 1.82) is 0 Å². The molecule has 2 aliphatic heterocycles. The molecule has 1 N–H and O–H groups in total. The van der Waals surface area contributed by atoms with Crippen LogP contribution in [0.1, 0.15) is 12.8 Å². The highest BCUT2D eigenvalue weighted by atomic mass is 35.5. The third-order valence-electron chi connectivity index (χ3n) is 4.98. The number of rotatable bonds is 6. The largest absolute Gasteiger partial charge is 0.338 e. The molecule has 2 aromatic rings. The number of nitrogens with zero attached hydrogens (tertiary/aromatic N) is 5. The summed E-state index contributed by atoms with van der Waals surface area (Å²) in [4.78, 5) is 26.5. The second-order valence-corrected chi connectivity index (χ2v) is 8.88. The van der Waals surface area contributed by atoms with E-state index in [1.807, 2.05) is 12.1 Å². The van der Waals surface area contributed by atoms with Crippen LogP contribution in [0.2, 0.25) is 10.0 Å². The standard InChI is InChI=1S/C19H22Cl2N6OS/c20-14-12-15(21)17-16(13-14)29-27(19(28)24-17)7-2-1-6-25-8-10-26(11-9-25)18-22-4-3-5-23-18/h3-5,12-13H,1-2,6-11H2,(H,24,28). The predicted octanol–water partition coefficient (Wildman–Crippen LogP) is 4.24. The van der Waals surface area contributed by atoms with Gasteiger partial charge in [0.05, 0.1) is 15.6 Å². The quantitative estimate of drug-likeness (QED) is 0.522. The van der Waals surface area contributed by atoms with Gasteiger partial charge in [-0.25, -0.2) is 14.8 Å². The summed E-state index contributed by atoms with van der Waals surface area (Å²) in [6.07, 6.45) is 5.54. The van der Waals surface area contributed by atoms with Crippen molar-refractivity contribution in [3.8, 4) is 0 Å². The molecule has 1 saturated heterocycles. The lowest BCUT2D eigenvalue weighted by Gasteiger charge is -2.34. The number of carbonyl (C=O) groups excluding carboxylic acids is 1. The van der Waals surface area contributed by atoms with E-state index in [9.17, 15) is 4.79 Å². The summed E-state index contributed by atoms with van der Waals surface area (Å²) < 4.78 is 1.74. The average molecular weight is 453 g/mol. The Morgan fingerprint density at radius 1 is 1.03 bits per heavy atom. The minimum Gasteiger partial charge on any atom is -0.338 e. The fourth-order valence-corrected chi connectivity index (χ4v) is 5.12. The molecule has 4 rings (SSSR count). The fraction of sp³-hybridized carbons (Fsp3) is 0.421. The molecule has 3 heterocycles. The average Bonchev–Trinajstić information content (AvgIpc) is 2.73. The molecule has 0 unspecified atom stereocenters. The van der Waals surface area contributed by atoms with Crippen molar-refractivity contribution >= 4 is 52.8 Å². The van der Waals surface area contributed by atoms with E-state index in [-0.39, 0.29) is 6.03 Å². The third kappa shape index (κ3) is 5.06. The summed E-state index contributed by atoms with van der Waals surface area (Å²) in [5.74, 6) is 0.806. The lowest BCUT2D eigenvalue weighted by molar-refractivity contribution is 0.233. The molecule has 0 spiro atoms. The Labute approximate surface area is 184 Å². The van der Waals surface area contributed by atoms with Crippen molar-refractivity contribution in [2.75, 3.05) is 49.5 Å². The highest BCUT2D eigenvalue weighted by Gasteiger charge is 2.26. The zero-order valence-electron chi connectivity index (χ0n) is 15.9. The first kappa shape index (κ1) is 20.5. The van der Waals surface area contributed by atoms with Gasteiger partial charge in [0, 0.05) is 50.1 Å². The van der Waals surface area contributed by atoms with Crippen LogP contribution >= 0.6 is 35.1 Å². The molecule has 0 bridgehead atoms. The Morgan fingerprint density at radius 3 is 2.52 bits per heavy atom. The molecule has 29 heavy (non-hydrogen) atoms. The van der Waals surface area contributed by atoms with Gasteiger partial charge in [0.2, 0.25) is 5.95 Å². The molecule has 2 aliphatic rings. The summed E-state index contributed by atoms with van der Waals surface area (Å²) in [5, 5.41) is 3.90. The zero-order chi connectivity index (χ0) is 20.2. The summed E-state index contributed by atoms with van der Waals surface area (Å²) in [7, 11) is 0. The van der Waals surface area contributed by atoms with Crippen LogP contribution < -0.4 is 10.2 Å². The number of hydrogen-bond acceptors (Lipinski definition) is 6. The number of nitrogens with one attached hydrogen (secondary N) is 1. The van der Waals surface area contributed by atoms with Gasteiger partial charge >= 0.3 is 6.03 Å². The van der Waals surface area contributed by atoms with Crippen LogP contribution in [0.15, 0.2) is 35.5 Å². The molecule has 10 heteroatoms. The molecule has 1 aromatic heterocycles. The van der Waals surface area contributed by atoms with Gasteiger partial charge in [-0.1, -0.05) is 23.2 Å². The summed E-state index contributed by atoms with van der Waals surface area (Å²) >= 11 is 13.7. The molecule has 1 fully saturated rings. The number of piperazine rings is 1. The number of hydrogen-bond donors (Lipinski definition) is 1. The minimum absolute atomic E-state index is 0.136. The maximum absolute atomic E-state index is 12.3. The zero-order valence-corrected chi connectivity index (χ0v) is 18.2. The molecule has 0 atom stereocenters. The Balaban J connectivity index is 1.20. The first-order valence-corrected chi connectivity index (χ1v) is 11.1. The number of amides is 2. The van der Waals surface area contributed by atoms with Crippen LogP contribution in [0.3, 0.4) is 0 Å². The number of carbonyl (C=O) groups is 1. The van der Waals surface area contributed by atoms with Crippen molar-refractivity contribution in [1.82, 2.24) is 19.2 Å².